The van der Waals surface area contributed by atoms with E-state index in [2.05, 4.69) is 53.5 Å². The number of amides is 1. The zero-order chi connectivity index (χ0) is 30.3. The van der Waals surface area contributed by atoms with E-state index >= 15 is 0 Å². The molecule has 0 unspecified atom stereocenters. The Balaban J connectivity index is 0.000000333. The van der Waals surface area contributed by atoms with Crippen molar-refractivity contribution in [2.24, 2.45) is 17.1 Å². The number of nitrogens with zero attached hydrogens (tertiary/aromatic N) is 1. The van der Waals surface area contributed by atoms with Crippen molar-refractivity contribution >= 4 is 23.9 Å². The molecule has 1 aliphatic heterocycles. The minimum absolute atomic E-state index is 0.186. The number of halogens is 6. The fourth-order valence-corrected chi connectivity index (χ4v) is 5.02. The van der Waals surface area contributed by atoms with Gasteiger partial charge in [-0.25, -0.2) is 9.59 Å². The second kappa shape index (κ2) is 13.5. The maximum Gasteiger partial charge on any atom is 0.490 e. The molecule has 0 aromatic heterocycles. The first-order chi connectivity index (χ1) is 18.5. The molecular weight excluding hydrogens is 548 g/mol. The van der Waals surface area contributed by atoms with Crippen molar-refractivity contribution in [2.45, 2.75) is 63.5 Å². The number of carboxylic acids is 2. The number of benzene rings is 1. The van der Waals surface area contributed by atoms with Crippen LogP contribution < -0.4 is 11.1 Å². The van der Waals surface area contributed by atoms with Crippen molar-refractivity contribution in [3.63, 3.8) is 0 Å². The van der Waals surface area contributed by atoms with Gasteiger partial charge in [0.05, 0.1) is 0 Å². The summed E-state index contributed by atoms with van der Waals surface area (Å²) in [5, 5.41) is 18.1. The van der Waals surface area contributed by atoms with Crippen LogP contribution in [0.4, 0.5) is 26.3 Å². The van der Waals surface area contributed by atoms with Crippen LogP contribution in [0.25, 0.3) is 6.08 Å². The molecule has 4 rings (SSSR count). The van der Waals surface area contributed by atoms with Crippen LogP contribution >= 0.6 is 0 Å². The van der Waals surface area contributed by atoms with E-state index in [1.54, 1.807) is 5.57 Å². The molecule has 0 radical (unpaired) electrons. The molecular formula is C26H33F6N3O5. The average Bonchev–Trinajstić information content (AvgIpc) is 3.56. The molecule has 5 N–H and O–H groups in total. The minimum Gasteiger partial charge on any atom is -0.475 e. The molecule has 2 saturated carbocycles. The lowest BCUT2D eigenvalue weighted by Gasteiger charge is -2.59. The first kappa shape index (κ1) is 33.1. The second-order valence-electron chi connectivity index (χ2n) is 10.2. The first-order valence-electron chi connectivity index (χ1n) is 12.6. The van der Waals surface area contributed by atoms with Gasteiger partial charge in [0.1, 0.15) is 0 Å². The SMILES string of the molecule is CC/C(=C\c1ccccc1)[C@H]1C[C@@H]1NC1CC2(C1)CN(CCC(N)=O)C2.O=C(O)C(F)(F)F.O=C(O)C(F)(F)F. The highest BCUT2D eigenvalue weighted by Crippen LogP contribution is 2.50. The summed E-state index contributed by atoms with van der Waals surface area (Å²) in [6.07, 6.45) is -2.26. The summed E-state index contributed by atoms with van der Waals surface area (Å²) in [4.78, 5) is 31.0. The van der Waals surface area contributed by atoms with Gasteiger partial charge in [0.25, 0.3) is 0 Å². The first-order valence-corrected chi connectivity index (χ1v) is 12.6. The standard InChI is InChI=1S/C22H31N3O.2C2HF3O2/c1-2-17(10-16-6-4-3-5-7-16)19-11-20(19)24-18-12-22(13-18)14-25(15-22)9-8-21(23)26;2*3-2(4,5)1(6)7/h3-7,10,18-20,24H,2,8-9,11-15H2,1H3,(H2,23,26);2*(H,6,7)/b17-10+;;/t19-,20+;;/m1../s1. The number of likely N-dealkylation sites (tertiary alicyclic amines) is 1. The van der Waals surface area contributed by atoms with Crippen molar-refractivity contribution in [3.05, 3.63) is 41.5 Å². The minimum atomic E-state index is -5.08. The number of primary amides is 1. The third-order valence-corrected chi connectivity index (χ3v) is 6.91. The molecule has 0 bridgehead atoms. The predicted octanol–water partition coefficient (Wildman–Crippen LogP) is 4.06. The fraction of sp³-hybridized carbons (Fsp3) is 0.577. The Morgan fingerprint density at radius 2 is 1.52 bits per heavy atom. The molecule has 2 atom stereocenters. The molecule has 1 heterocycles. The van der Waals surface area contributed by atoms with Crippen LogP contribution in [0.2, 0.25) is 0 Å². The highest BCUT2D eigenvalue weighted by atomic mass is 19.4. The molecule has 2 aliphatic carbocycles. The maximum atomic E-state index is 10.9. The second-order valence-corrected chi connectivity index (χ2v) is 10.2. The Labute approximate surface area is 227 Å². The lowest BCUT2D eigenvalue weighted by molar-refractivity contribution is -0.193. The molecule has 1 spiro atoms. The lowest BCUT2D eigenvalue weighted by atomic mass is 9.60. The molecule has 1 saturated heterocycles. The van der Waals surface area contributed by atoms with Gasteiger partial charge in [-0.1, -0.05) is 48.9 Å². The number of hydrogen-bond acceptors (Lipinski definition) is 5. The largest absolute Gasteiger partial charge is 0.490 e. The summed E-state index contributed by atoms with van der Waals surface area (Å²) < 4.78 is 63.5. The average molecular weight is 582 g/mol. The van der Waals surface area contributed by atoms with Crippen LogP contribution in [0, 0.1) is 11.3 Å². The van der Waals surface area contributed by atoms with Gasteiger partial charge in [-0.05, 0) is 42.6 Å². The van der Waals surface area contributed by atoms with E-state index in [1.807, 2.05) is 0 Å². The van der Waals surface area contributed by atoms with Crippen molar-refractivity contribution in [1.82, 2.24) is 10.2 Å². The molecule has 8 nitrogen and oxygen atoms in total. The third kappa shape index (κ3) is 10.5. The number of rotatable bonds is 8. The molecule has 224 valence electrons. The lowest BCUT2D eigenvalue weighted by Crippen LogP contribution is -2.66. The Kier molecular flexibility index (Phi) is 11.2. The summed E-state index contributed by atoms with van der Waals surface area (Å²) >= 11 is 0. The highest BCUT2D eigenvalue weighted by molar-refractivity contribution is 5.74. The monoisotopic (exact) mass is 581 g/mol. The van der Waals surface area contributed by atoms with Gasteiger partial charge >= 0.3 is 24.3 Å². The summed E-state index contributed by atoms with van der Waals surface area (Å²) in [7, 11) is 0. The van der Waals surface area contributed by atoms with E-state index in [9.17, 15) is 31.1 Å². The van der Waals surface area contributed by atoms with E-state index in [0.29, 0.717) is 23.9 Å². The summed E-state index contributed by atoms with van der Waals surface area (Å²) in [6, 6.07) is 12.1. The third-order valence-electron chi connectivity index (χ3n) is 6.91. The summed E-state index contributed by atoms with van der Waals surface area (Å²) in [6.45, 7) is 5.42. The van der Waals surface area contributed by atoms with Crippen molar-refractivity contribution in [1.29, 1.82) is 0 Å². The van der Waals surface area contributed by atoms with Gasteiger partial charge in [-0.15, -0.1) is 0 Å². The molecule has 14 heteroatoms. The normalized spacial score (nSPS) is 22.0. The van der Waals surface area contributed by atoms with E-state index in [1.165, 1.54) is 24.8 Å². The molecule has 3 fully saturated rings. The zero-order valence-corrected chi connectivity index (χ0v) is 21.8. The Morgan fingerprint density at radius 1 is 1.02 bits per heavy atom. The van der Waals surface area contributed by atoms with Crippen LogP contribution in [0.3, 0.4) is 0 Å². The summed E-state index contributed by atoms with van der Waals surface area (Å²) in [5.41, 5.74) is 8.68. The van der Waals surface area contributed by atoms with E-state index < -0.39 is 24.3 Å². The number of carboxylic acid groups (broad SMARTS) is 2. The molecule has 1 aromatic carbocycles. The zero-order valence-electron chi connectivity index (χ0n) is 21.8. The van der Waals surface area contributed by atoms with Gasteiger partial charge in [-0.3, -0.25) is 4.79 Å². The number of carbonyl (C=O) groups is 3. The quantitative estimate of drug-likeness (QED) is 0.341. The van der Waals surface area contributed by atoms with E-state index in [-0.39, 0.29) is 5.91 Å². The Morgan fingerprint density at radius 3 is 1.95 bits per heavy atom. The van der Waals surface area contributed by atoms with Crippen LogP contribution in [-0.2, 0) is 14.4 Å². The molecule has 40 heavy (non-hydrogen) atoms. The van der Waals surface area contributed by atoms with Crippen LogP contribution in [0.15, 0.2) is 35.9 Å². The van der Waals surface area contributed by atoms with Gasteiger partial charge in [0, 0.05) is 38.1 Å². The molecule has 3 aliphatic rings. The van der Waals surface area contributed by atoms with Gasteiger partial charge in [-0.2, -0.15) is 26.3 Å². The number of aliphatic carboxylic acids is 2. The topological polar surface area (TPSA) is 133 Å². The van der Waals surface area contributed by atoms with E-state index in [0.717, 1.165) is 32.0 Å². The van der Waals surface area contributed by atoms with Gasteiger partial charge < -0.3 is 26.2 Å². The van der Waals surface area contributed by atoms with Crippen molar-refractivity contribution in [2.75, 3.05) is 19.6 Å². The Hall–Kier alpha value is -3.13. The predicted molar refractivity (Wildman–Crippen MR) is 133 cm³/mol. The number of nitrogens with one attached hydrogen (secondary N) is 1. The van der Waals surface area contributed by atoms with Gasteiger partial charge in [0.15, 0.2) is 0 Å². The molecule has 1 amide bonds. The highest BCUT2D eigenvalue weighted by Gasteiger charge is 2.53. The Bertz CT molecular complexity index is 1020. The number of hydrogen-bond donors (Lipinski definition) is 4. The molecule has 1 aromatic rings. The van der Waals surface area contributed by atoms with Gasteiger partial charge in [0.2, 0.25) is 5.91 Å². The smallest absolute Gasteiger partial charge is 0.475 e. The number of alkyl halides is 6. The van der Waals surface area contributed by atoms with E-state index in [4.69, 9.17) is 25.5 Å². The number of carbonyl (C=O) groups excluding carboxylic acids is 1. The number of nitrogens with two attached hydrogens (primary N) is 1. The van der Waals surface area contributed by atoms with Crippen molar-refractivity contribution in [3.8, 4) is 0 Å². The van der Waals surface area contributed by atoms with Crippen LogP contribution in [0.1, 0.15) is 44.6 Å². The van der Waals surface area contributed by atoms with Crippen LogP contribution in [-0.4, -0.2) is 77.0 Å². The van der Waals surface area contributed by atoms with Crippen molar-refractivity contribution < 1.29 is 50.9 Å². The van der Waals surface area contributed by atoms with Crippen LogP contribution in [0.5, 0.6) is 0 Å². The fourth-order valence-electron chi connectivity index (χ4n) is 5.02. The maximum absolute atomic E-state index is 10.9. The summed E-state index contributed by atoms with van der Waals surface area (Å²) in [5.74, 6) is -4.97.